The predicted molar refractivity (Wildman–Crippen MR) is 63.5 cm³/mol. The van der Waals surface area contributed by atoms with E-state index in [1.54, 1.807) is 0 Å². The normalized spacial score (nSPS) is 13.6. The first-order chi connectivity index (χ1) is 7.41. The minimum Gasteiger partial charge on any atom is -0.481 e. The smallest absolute Gasteiger partial charge is 0.307 e. The Morgan fingerprint density at radius 2 is 2.25 bits per heavy atom. The van der Waals surface area contributed by atoms with Crippen LogP contribution in [0.5, 0.6) is 0 Å². The molecule has 0 aromatic carbocycles. The summed E-state index contributed by atoms with van der Waals surface area (Å²) < 4.78 is 23.2. The van der Waals surface area contributed by atoms with E-state index in [-0.39, 0.29) is 11.5 Å². The largest absolute Gasteiger partial charge is 0.481 e. The molecule has 1 heterocycles. The third-order valence-corrected chi connectivity index (χ3v) is 4.94. The van der Waals surface area contributed by atoms with E-state index in [0.717, 1.165) is 4.88 Å². The first-order valence-corrected chi connectivity index (χ1v) is 7.56. The first-order valence-electron chi connectivity index (χ1n) is 4.86. The molecular formula is C10H14O4S2. The van der Waals surface area contributed by atoms with Crippen molar-refractivity contribution >= 4 is 27.1 Å². The summed E-state index contributed by atoms with van der Waals surface area (Å²) in [4.78, 5) is 11.6. The highest BCUT2D eigenvalue weighted by Gasteiger charge is 2.20. The summed E-state index contributed by atoms with van der Waals surface area (Å²) in [5.41, 5.74) is 0. The minimum atomic E-state index is -3.28. The van der Waals surface area contributed by atoms with Crippen LogP contribution < -0.4 is 0 Å². The SMILES string of the molecule is CC(CS(=O)(=O)CCc1cccs1)C(=O)O. The third kappa shape index (κ3) is 4.32. The van der Waals surface area contributed by atoms with Crippen molar-refractivity contribution in [2.24, 2.45) is 5.92 Å². The van der Waals surface area contributed by atoms with Crippen LogP contribution in [-0.4, -0.2) is 31.0 Å². The summed E-state index contributed by atoms with van der Waals surface area (Å²) in [5.74, 6) is -2.17. The number of rotatable bonds is 6. The van der Waals surface area contributed by atoms with Crippen LogP contribution in [-0.2, 0) is 21.1 Å². The van der Waals surface area contributed by atoms with Gasteiger partial charge in [-0.2, -0.15) is 0 Å². The maximum atomic E-state index is 11.6. The number of hydrogen-bond donors (Lipinski definition) is 1. The van der Waals surface area contributed by atoms with Gasteiger partial charge in [0.15, 0.2) is 9.84 Å². The number of thiophene rings is 1. The second kappa shape index (κ2) is 5.45. The molecule has 0 saturated carbocycles. The van der Waals surface area contributed by atoms with Crippen molar-refractivity contribution in [2.75, 3.05) is 11.5 Å². The topological polar surface area (TPSA) is 71.4 Å². The quantitative estimate of drug-likeness (QED) is 0.841. The molecule has 1 rings (SSSR count). The molecule has 16 heavy (non-hydrogen) atoms. The van der Waals surface area contributed by atoms with Gasteiger partial charge in [0.25, 0.3) is 0 Å². The summed E-state index contributed by atoms with van der Waals surface area (Å²) in [5, 5.41) is 10.5. The van der Waals surface area contributed by atoms with Gasteiger partial charge in [-0.05, 0) is 17.9 Å². The second-order valence-electron chi connectivity index (χ2n) is 3.68. The molecular weight excluding hydrogens is 248 g/mol. The summed E-state index contributed by atoms with van der Waals surface area (Å²) in [6.07, 6.45) is 0.465. The Morgan fingerprint density at radius 3 is 2.75 bits per heavy atom. The lowest BCUT2D eigenvalue weighted by molar-refractivity contribution is -0.140. The molecule has 0 aliphatic rings. The van der Waals surface area contributed by atoms with E-state index in [1.165, 1.54) is 18.3 Å². The molecule has 0 aliphatic carbocycles. The highest BCUT2D eigenvalue weighted by Crippen LogP contribution is 2.11. The Balaban J connectivity index is 2.49. The van der Waals surface area contributed by atoms with Crippen molar-refractivity contribution in [1.29, 1.82) is 0 Å². The number of hydrogen-bond acceptors (Lipinski definition) is 4. The number of sulfone groups is 1. The molecule has 1 aromatic heterocycles. The van der Waals surface area contributed by atoms with Crippen LogP contribution in [0.25, 0.3) is 0 Å². The number of carboxylic acid groups (broad SMARTS) is 1. The lowest BCUT2D eigenvalue weighted by Crippen LogP contribution is -2.23. The minimum absolute atomic E-state index is 0.0190. The molecule has 0 bridgehead atoms. The fraction of sp³-hybridized carbons (Fsp3) is 0.500. The Kier molecular flexibility index (Phi) is 4.49. The van der Waals surface area contributed by atoms with Crippen LogP contribution in [0.1, 0.15) is 11.8 Å². The zero-order valence-corrected chi connectivity index (χ0v) is 10.6. The number of aryl methyl sites for hydroxylation is 1. The van der Waals surface area contributed by atoms with Gasteiger partial charge in [0.2, 0.25) is 0 Å². The molecule has 1 atom stereocenters. The molecule has 4 nitrogen and oxygen atoms in total. The van der Waals surface area contributed by atoms with Gasteiger partial charge in [0.1, 0.15) is 0 Å². The van der Waals surface area contributed by atoms with E-state index in [1.807, 2.05) is 17.5 Å². The molecule has 0 spiro atoms. The van der Waals surface area contributed by atoms with Crippen molar-refractivity contribution < 1.29 is 18.3 Å². The van der Waals surface area contributed by atoms with Gasteiger partial charge < -0.3 is 5.11 Å². The van der Waals surface area contributed by atoms with Crippen molar-refractivity contribution in [3.63, 3.8) is 0 Å². The summed E-state index contributed by atoms with van der Waals surface area (Å²) in [6.45, 7) is 1.41. The molecule has 0 amide bonds. The van der Waals surface area contributed by atoms with Crippen molar-refractivity contribution in [3.05, 3.63) is 22.4 Å². The molecule has 1 N–H and O–H groups in total. The van der Waals surface area contributed by atoms with E-state index in [0.29, 0.717) is 6.42 Å². The van der Waals surface area contributed by atoms with E-state index in [9.17, 15) is 13.2 Å². The number of carboxylic acids is 1. The van der Waals surface area contributed by atoms with Crippen LogP contribution in [0.4, 0.5) is 0 Å². The zero-order chi connectivity index (χ0) is 12.2. The Bertz CT molecular complexity index is 433. The molecule has 0 fully saturated rings. The van der Waals surface area contributed by atoms with Gasteiger partial charge in [-0.25, -0.2) is 8.42 Å². The Morgan fingerprint density at radius 1 is 1.56 bits per heavy atom. The van der Waals surface area contributed by atoms with Gasteiger partial charge in [-0.15, -0.1) is 11.3 Å². The second-order valence-corrected chi connectivity index (χ2v) is 6.94. The molecule has 0 radical (unpaired) electrons. The molecule has 1 unspecified atom stereocenters. The molecule has 0 saturated heterocycles. The van der Waals surface area contributed by atoms with Crippen molar-refractivity contribution in [1.82, 2.24) is 0 Å². The highest BCUT2D eigenvalue weighted by atomic mass is 32.2. The monoisotopic (exact) mass is 262 g/mol. The zero-order valence-electron chi connectivity index (χ0n) is 8.92. The van der Waals surface area contributed by atoms with E-state index in [2.05, 4.69) is 0 Å². The Hall–Kier alpha value is -0.880. The van der Waals surface area contributed by atoms with Crippen LogP contribution in [0.15, 0.2) is 17.5 Å². The average molecular weight is 262 g/mol. The van der Waals surface area contributed by atoms with Crippen LogP contribution in [0.2, 0.25) is 0 Å². The Labute approximate surface area is 98.8 Å². The molecule has 90 valence electrons. The average Bonchev–Trinajstić information content (AvgIpc) is 2.66. The predicted octanol–water partition coefficient (Wildman–Crippen LogP) is 1.43. The molecule has 6 heteroatoms. The summed E-state index contributed by atoms with van der Waals surface area (Å²) in [7, 11) is -3.28. The fourth-order valence-corrected chi connectivity index (χ4v) is 3.69. The van der Waals surface area contributed by atoms with E-state index in [4.69, 9.17) is 5.11 Å². The maximum absolute atomic E-state index is 11.6. The van der Waals surface area contributed by atoms with Crippen molar-refractivity contribution in [3.8, 4) is 0 Å². The van der Waals surface area contributed by atoms with Crippen LogP contribution in [0, 0.1) is 5.92 Å². The lowest BCUT2D eigenvalue weighted by Gasteiger charge is -2.06. The standard InChI is InChI=1S/C10H14O4S2/c1-8(10(11)12)7-16(13,14)6-4-9-3-2-5-15-9/h2-3,5,8H,4,6-7H2,1H3,(H,11,12). The molecule has 0 aliphatic heterocycles. The van der Waals surface area contributed by atoms with E-state index < -0.39 is 21.7 Å². The fourth-order valence-electron chi connectivity index (χ4n) is 1.25. The first kappa shape index (κ1) is 13.2. The van der Waals surface area contributed by atoms with Gasteiger partial charge >= 0.3 is 5.97 Å². The van der Waals surface area contributed by atoms with Gasteiger partial charge in [0.05, 0.1) is 17.4 Å². The van der Waals surface area contributed by atoms with Crippen LogP contribution in [0.3, 0.4) is 0 Å². The highest BCUT2D eigenvalue weighted by molar-refractivity contribution is 7.91. The van der Waals surface area contributed by atoms with Crippen LogP contribution >= 0.6 is 11.3 Å². The van der Waals surface area contributed by atoms with Gasteiger partial charge in [0, 0.05) is 4.88 Å². The third-order valence-electron chi connectivity index (χ3n) is 2.17. The number of aliphatic carboxylic acids is 1. The summed E-state index contributed by atoms with van der Waals surface area (Å²) >= 11 is 1.51. The lowest BCUT2D eigenvalue weighted by atomic mass is 10.2. The number of carbonyl (C=O) groups is 1. The van der Waals surface area contributed by atoms with Gasteiger partial charge in [-0.3, -0.25) is 4.79 Å². The van der Waals surface area contributed by atoms with Crippen molar-refractivity contribution in [2.45, 2.75) is 13.3 Å². The molecule has 1 aromatic rings. The van der Waals surface area contributed by atoms with Gasteiger partial charge in [-0.1, -0.05) is 13.0 Å². The summed E-state index contributed by atoms with van der Waals surface area (Å²) in [6, 6.07) is 3.74. The maximum Gasteiger partial charge on any atom is 0.307 e. The van der Waals surface area contributed by atoms with E-state index >= 15 is 0 Å².